The first-order valence-corrected chi connectivity index (χ1v) is 5.65. The summed E-state index contributed by atoms with van der Waals surface area (Å²) in [6.45, 7) is 4.35. The Morgan fingerprint density at radius 3 is 2.53 bits per heavy atom. The van der Waals surface area contributed by atoms with Gasteiger partial charge in [-0.05, 0) is 30.9 Å². The fraction of sp³-hybridized carbons (Fsp3) is 0.538. The number of aliphatic hydroxyl groups is 1. The number of hydrogen-bond donors (Lipinski definition) is 2. The highest BCUT2D eigenvalue weighted by atomic mass is 16.3. The van der Waals surface area contributed by atoms with Gasteiger partial charge in [-0.1, -0.05) is 31.2 Å². The Bertz CT molecular complexity index is 296. The molecule has 1 rings (SSSR count). The van der Waals surface area contributed by atoms with Crippen LogP contribution in [0.15, 0.2) is 24.3 Å². The van der Waals surface area contributed by atoms with E-state index < -0.39 is 0 Å². The van der Waals surface area contributed by atoms with Crippen molar-refractivity contribution in [2.75, 3.05) is 6.61 Å². The van der Waals surface area contributed by atoms with Crippen molar-refractivity contribution in [3.05, 3.63) is 35.4 Å². The van der Waals surface area contributed by atoms with Gasteiger partial charge in [0.1, 0.15) is 0 Å². The van der Waals surface area contributed by atoms with Crippen LogP contribution in [-0.4, -0.2) is 17.8 Å². The van der Waals surface area contributed by atoms with Gasteiger partial charge in [0.15, 0.2) is 0 Å². The first kappa shape index (κ1) is 12.2. The van der Waals surface area contributed by atoms with Gasteiger partial charge in [-0.25, -0.2) is 0 Å². The van der Waals surface area contributed by atoms with E-state index in [0.717, 1.165) is 12.8 Å². The van der Waals surface area contributed by atoms with Crippen LogP contribution in [0.2, 0.25) is 0 Å². The Labute approximate surface area is 92.1 Å². The summed E-state index contributed by atoms with van der Waals surface area (Å²) >= 11 is 0. The second kappa shape index (κ2) is 5.89. The molecule has 2 unspecified atom stereocenters. The molecule has 84 valence electrons. The quantitative estimate of drug-likeness (QED) is 0.776. The predicted molar refractivity (Wildman–Crippen MR) is 63.9 cm³/mol. The molecule has 1 aromatic rings. The van der Waals surface area contributed by atoms with Gasteiger partial charge in [0.2, 0.25) is 0 Å². The van der Waals surface area contributed by atoms with Crippen molar-refractivity contribution in [3.8, 4) is 0 Å². The van der Waals surface area contributed by atoms with E-state index in [0.29, 0.717) is 0 Å². The lowest BCUT2D eigenvalue weighted by Gasteiger charge is -2.22. The predicted octanol–water partition coefficient (Wildman–Crippen LogP) is 2.06. The summed E-state index contributed by atoms with van der Waals surface area (Å²) in [5, 5.41) is 9.05. The molecular formula is C13H21NO. The third kappa shape index (κ3) is 3.05. The van der Waals surface area contributed by atoms with Crippen molar-refractivity contribution in [3.63, 3.8) is 0 Å². The van der Waals surface area contributed by atoms with Crippen LogP contribution < -0.4 is 5.73 Å². The lowest BCUT2D eigenvalue weighted by Crippen LogP contribution is -2.26. The van der Waals surface area contributed by atoms with Gasteiger partial charge < -0.3 is 10.8 Å². The van der Waals surface area contributed by atoms with Crippen LogP contribution in [0.25, 0.3) is 0 Å². The Morgan fingerprint density at radius 1 is 1.33 bits per heavy atom. The minimum absolute atomic E-state index is 0.0878. The molecule has 0 radical (unpaired) electrons. The Morgan fingerprint density at radius 2 is 2.00 bits per heavy atom. The molecule has 0 saturated carbocycles. The first-order chi connectivity index (χ1) is 7.20. The molecule has 0 amide bonds. The minimum Gasteiger partial charge on any atom is -0.396 e. The maximum Gasteiger partial charge on any atom is 0.0437 e. The monoisotopic (exact) mass is 207 g/mol. The van der Waals surface area contributed by atoms with Crippen LogP contribution in [0, 0.1) is 0 Å². The highest BCUT2D eigenvalue weighted by Crippen LogP contribution is 2.25. The fourth-order valence-corrected chi connectivity index (χ4v) is 2.06. The Hall–Kier alpha value is -0.860. The van der Waals surface area contributed by atoms with Crippen LogP contribution in [0.3, 0.4) is 0 Å². The van der Waals surface area contributed by atoms with Crippen molar-refractivity contribution < 1.29 is 5.11 Å². The third-order valence-electron chi connectivity index (χ3n) is 2.91. The van der Waals surface area contributed by atoms with Crippen LogP contribution in [0.4, 0.5) is 0 Å². The van der Waals surface area contributed by atoms with Gasteiger partial charge >= 0.3 is 0 Å². The van der Waals surface area contributed by atoms with E-state index in [1.54, 1.807) is 0 Å². The summed E-state index contributed by atoms with van der Waals surface area (Å²) in [6, 6.07) is 8.45. The third-order valence-corrected chi connectivity index (χ3v) is 2.91. The number of benzene rings is 1. The van der Waals surface area contributed by atoms with Gasteiger partial charge in [0.05, 0.1) is 0 Å². The number of aryl methyl sites for hydroxylation is 1. The maximum absolute atomic E-state index is 9.05. The number of rotatable bonds is 5. The first-order valence-electron chi connectivity index (χ1n) is 5.65. The molecule has 0 aliphatic carbocycles. The molecule has 15 heavy (non-hydrogen) atoms. The van der Waals surface area contributed by atoms with Crippen LogP contribution in [0.5, 0.6) is 0 Å². The van der Waals surface area contributed by atoms with Gasteiger partial charge in [-0.3, -0.25) is 0 Å². The topological polar surface area (TPSA) is 46.2 Å². The zero-order chi connectivity index (χ0) is 11.3. The zero-order valence-corrected chi connectivity index (χ0v) is 9.61. The second-order valence-corrected chi connectivity index (χ2v) is 4.03. The molecule has 3 N–H and O–H groups in total. The SMILES string of the molecule is CCc1ccccc1C(CCO)C(C)N. The number of aliphatic hydroxyl groups excluding tert-OH is 1. The molecule has 0 bridgehead atoms. The molecule has 2 heteroatoms. The molecule has 0 spiro atoms. The Kier molecular flexibility index (Phi) is 4.79. The summed E-state index contributed by atoms with van der Waals surface area (Å²) in [6.07, 6.45) is 1.76. The average molecular weight is 207 g/mol. The molecule has 0 fully saturated rings. The van der Waals surface area contributed by atoms with E-state index in [2.05, 4.69) is 25.1 Å². The minimum atomic E-state index is 0.0878. The summed E-state index contributed by atoms with van der Waals surface area (Å²) in [5.74, 6) is 0.270. The summed E-state index contributed by atoms with van der Waals surface area (Å²) in [5.41, 5.74) is 8.60. The molecule has 0 saturated heterocycles. The molecule has 2 atom stereocenters. The molecule has 0 heterocycles. The van der Waals surface area contributed by atoms with E-state index in [-0.39, 0.29) is 18.6 Å². The van der Waals surface area contributed by atoms with Crippen molar-refractivity contribution in [2.24, 2.45) is 5.73 Å². The normalized spacial score (nSPS) is 14.9. The van der Waals surface area contributed by atoms with E-state index >= 15 is 0 Å². The number of nitrogens with two attached hydrogens (primary N) is 1. The molecule has 2 nitrogen and oxygen atoms in total. The van der Waals surface area contributed by atoms with E-state index in [9.17, 15) is 0 Å². The molecule has 0 aromatic heterocycles. The van der Waals surface area contributed by atoms with Crippen LogP contribution in [-0.2, 0) is 6.42 Å². The Balaban J connectivity index is 2.98. The zero-order valence-electron chi connectivity index (χ0n) is 9.61. The highest BCUT2D eigenvalue weighted by Gasteiger charge is 2.17. The van der Waals surface area contributed by atoms with Crippen molar-refractivity contribution >= 4 is 0 Å². The second-order valence-electron chi connectivity index (χ2n) is 4.03. The smallest absolute Gasteiger partial charge is 0.0437 e. The van der Waals surface area contributed by atoms with E-state index in [4.69, 9.17) is 10.8 Å². The van der Waals surface area contributed by atoms with E-state index in [1.807, 2.05) is 13.0 Å². The van der Waals surface area contributed by atoms with Crippen molar-refractivity contribution in [1.29, 1.82) is 0 Å². The van der Waals surface area contributed by atoms with E-state index in [1.165, 1.54) is 11.1 Å². The van der Waals surface area contributed by atoms with Crippen LogP contribution in [0.1, 0.15) is 37.3 Å². The molecule has 1 aromatic carbocycles. The summed E-state index contributed by atoms with van der Waals surface area (Å²) in [7, 11) is 0. The standard InChI is InChI=1S/C13H21NO/c1-3-11-6-4-5-7-13(11)12(8-9-15)10(2)14/h4-7,10,12,15H,3,8-9,14H2,1-2H3. The lowest BCUT2D eigenvalue weighted by molar-refractivity contribution is 0.268. The van der Waals surface area contributed by atoms with Gasteiger partial charge in [-0.2, -0.15) is 0 Å². The van der Waals surface area contributed by atoms with Gasteiger partial charge in [0, 0.05) is 18.6 Å². The fourth-order valence-electron chi connectivity index (χ4n) is 2.06. The molecule has 0 aliphatic heterocycles. The molecule has 0 aliphatic rings. The summed E-state index contributed by atoms with van der Waals surface area (Å²) < 4.78 is 0. The summed E-state index contributed by atoms with van der Waals surface area (Å²) in [4.78, 5) is 0. The number of hydrogen-bond acceptors (Lipinski definition) is 2. The van der Waals surface area contributed by atoms with Gasteiger partial charge in [-0.15, -0.1) is 0 Å². The van der Waals surface area contributed by atoms with Crippen molar-refractivity contribution in [1.82, 2.24) is 0 Å². The van der Waals surface area contributed by atoms with Crippen LogP contribution >= 0.6 is 0 Å². The highest BCUT2D eigenvalue weighted by molar-refractivity contribution is 5.31. The molecular weight excluding hydrogens is 186 g/mol. The average Bonchev–Trinajstić information content (AvgIpc) is 2.25. The van der Waals surface area contributed by atoms with Crippen molar-refractivity contribution in [2.45, 2.75) is 38.6 Å². The largest absolute Gasteiger partial charge is 0.396 e. The lowest BCUT2D eigenvalue weighted by atomic mass is 9.86. The maximum atomic E-state index is 9.05. The van der Waals surface area contributed by atoms with Gasteiger partial charge in [0.25, 0.3) is 0 Å².